The molecule has 3 heteroatoms. The summed E-state index contributed by atoms with van der Waals surface area (Å²) in [6.07, 6.45) is 3.24. The van der Waals surface area contributed by atoms with E-state index in [-0.39, 0.29) is 5.54 Å². The molecule has 0 N–H and O–H groups in total. The van der Waals surface area contributed by atoms with E-state index >= 15 is 0 Å². The minimum Gasteiger partial charge on any atom is -0.373 e. The van der Waals surface area contributed by atoms with E-state index in [0.717, 1.165) is 13.2 Å². The van der Waals surface area contributed by atoms with Crippen LogP contribution in [-0.2, 0) is 9.47 Å². The molecule has 2 rings (SSSR count). The fourth-order valence-electron chi connectivity index (χ4n) is 2.91. The van der Waals surface area contributed by atoms with Crippen LogP contribution in [0.2, 0.25) is 0 Å². The lowest BCUT2D eigenvalue weighted by Gasteiger charge is -2.34. The summed E-state index contributed by atoms with van der Waals surface area (Å²) in [6, 6.07) is 0.559. The van der Waals surface area contributed by atoms with Crippen molar-refractivity contribution in [3.8, 4) is 0 Å². The summed E-state index contributed by atoms with van der Waals surface area (Å²) < 4.78 is 11.9. The highest BCUT2D eigenvalue weighted by atomic mass is 16.6. The van der Waals surface area contributed by atoms with Crippen LogP contribution in [-0.4, -0.2) is 41.5 Å². The van der Waals surface area contributed by atoms with Crippen molar-refractivity contribution in [2.24, 2.45) is 0 Å². The van der Waals surface area contributed by atoms with Gasteiger partial charge >= 0.3 is 0 Å². The number of fused-ring (bicyclic) bond motifs is 1. The smallest absolute Gasteiger partial charge is 0.101 e. The maximum atomic E-state index is 5.93. The summed E-state index contributed by atoms with van der Waals surface area (Å²) in [5.41, 5.74) is 0.201. The van der Waals surface area contributed by atoms with Gasteiger partial charge in [-0.05, 0) is 47.5 Å². The van der Waals surface area contributed by atoms with E-state index in [0.29, 0.717) is 24.4 Å². The third kappa shape index (κ3) is 2.27. The van der Waals surface area contributed by atoms with E-state index in [1.807, 2.05) is 0 Å². The Labute approximate surface area is 99.1 Å². The zero-order chi connectivity index (χ0) is 11.9. The second-order valence-electron chi connectivity index (χ2n) is 6.27. The molecule has 1 aliphatic heterocycles. The van der Waals surface area contributed by atoms with Gasteiger partial charge in [-0.15, -0.1) is 0 Å². The standard InChI is InChI=1S/C13H25NO2/c1-9(2)16-11-7-6-10-12(11)15-8-14(10)13(3,4)5/h9-12H,6-8H2,1-5H3. The quantitative estimate of drug-likeness (QED) is 0.723. The second-order valence-corrected chi connectivity index (χ2v) is 6.27. The maximum Gasteiger partial charge on any atom is 0.101 e. The molecule has 1 saturated carbocycles. The highest BCUT2D eigenvalue weighted by molar-refractivity contribution is 4.99. The van der Waals surface area contributed by atoms with E-state index in [2.05, 4.69) is 39.5 Å². The third-order valence-electron chi connectivity index (χ3n) is 3.61. The predicted molar refractivity (Wildman–Crippen MR) is 64.4 cm³/mol. The normalized spacial score (nSPS) is 36.0. The summed E-state index contributed by atoms with van der Waals surface area (Å²) in [4.78, 5) is 2.47. The van der Waals surface area contributed by atoms with E-state index in [9.17, 15) is 0 Å². The highest BCUT2D eigenvalue weighted by Crippen LogP contribution is 2.38. The van der Waals surface area contributed by atoms with Crippen molar-refractivity contribution in [1.82, 2.24) is 4.90 Å². The van der Waals surface area contributed by atoms with Gasteiger partial charge in [0.2, 0.25) is 0 Å². The molecule has 3 unspecified atom stereocenters. The van der Waals surface area contributed by atoms with Crippen LogP contribution in [0.5, 0.6) is 0 Å². The van der Waals surface area contributed by atoms with Gasteiger partial charge in [0, 0.05) is 11.6 Å². The monoisotopic (exact) mass is 227 g/mol. The zero-order valence-corrected chi connectivity index (χ0v) is 11.2. The lowest BCUT2D eigenvalue weighted by molar-refractivity contribution is -0.0637. The fraction of sp³-hybridized carbons (Fsp3) is 1.00. The van der Waals surface area contributed by atoms with Crippen LogP contribution in [0, 0.1) is 0 Å². The first-order valence-electron chi connectivity index (χ1n) is 6.43. The number of ether oxygens (including phenoxy) is 2. The summed E-state index contributed by atoms with van der Waals surface area (Å²) in [6.45, 7) is 11.7. The van der Waals surface area contributed by atoms with Gasteiger partial charge in [0.1, 0.15) is 12.8 Å². The van der Waals surface area contributed by atoms with Gasteiger partial charge in [0.05, 0.1) is 12.2 Å². The van der Waals surface area contributed by atoms with E-state index < -0.39 is 0 Å². The van der Waals surface area contributed by atoms with Crippen molar-refractivity contribution in [3.63, 3.8) is 0 Å². The van der Waals surface area contributed by atoms with Gasteiger partial charge < -0.3 is 9.47 Å². The minimum absolute atomic E-state index is 0.201. The lowest BCUT2D eigenvalue weighted by atomic mass is 10.0. The Balaban J connectivity index is 2.01. The third-order valence-corrected chi connectivity index (χ3v) is 3.61. The first-order chi connectivity index (χ1) is 7.39. The molecule has 0 spiro atoms. The Morgan fingerprint density at radius 3 is 2.50 bits per heavy atom. The molecule has 94 valence electrons. The minimum atomic E-state index is 0.201. The van der Waals surface area contributed by atoms with Gasteiger partial charge in [-0.1, -0.05) is 0 Å². The average molecular weight is 227 g/mol. The van der Waals surface area contributed by atoms with E-state index in [1.54, 1.807) is 0 Å². The van der Waals surface area contributed by atoms with Crippen LogP contribution in [0.3, 0.4) is 0 Å². The SMILES string of the molecule is CC(C)OC1CCC2C1OCN2C(C)(C)C. The fourth-order valence-corrected chi connectivity index (χ4v) is 2.91. The Bertz CT molecular complexity index is 247. The van der Waals surface area contributed by atoms with Crippen LogP contribution in [0.25, 0.3) is 0 Å². The second kappa shape index (κ2) is 4.28. The Morgan fingerprint density at radius 1 is 1.25 bits per heavy atom. The molecule has 3 nitrogen and oxygen atoms in total. The lowest BCUT2D eigenvalue weighted by Crippen LogP contribution is -2.46. The van der Waals surface area contributed by atoms with Crippen LogP contribution in [0.15, 0.2) is 0 Å². The molecule has 0 aromatic rings. The predicted octanol–water partition coefficient (Wildman–Crippen LogP) is 2.40. The molecule has 0 aromatic carbocycles. The van der Waals surface area contributed by atoms with Gasteiger partial charge in [-0.2, -0.15) is 0 Å². The van der Waals surface area contributed by atoms with Crippen molar-refractivity contribution in [2.75, 3.05) is 6.73 Å². The number of nitrogens with zero attached hydrogens (tertiary/aromatic N) is 1. The summed E-state index contributed by atoms with van der Waals surface area (Å²) in [5.74, 6) is 0. The molecule has 1 saturated heterocycles. The molecule has 2 aliphatic rings. The summed E-state index contributed by atoms with van der Waals surface area (Å²) >= 11 is 0. The van der Waals surface area contributed by atoms with E-state index in [4.69, 9.17) is 9.47 Å². The van der Waals surface area contributed by atoms with Gasteiger partial charge in [-0.3, -0.25) is 4.90 Å². The molecule has 0 radical (unpaired) electrons. The van der Waals surface area contributed by atoms with Gasteiger partial charge in [-0.25, -0.2) is 0 Å². The summed E-state index contributed by atoms with van der Waals surface area (Å²) in [7, 11) is 0. The molecule has 0 bridgehead atoms. The molecule has 2 fully saturated rings. The van der Waals surface area contributed by atoms with Crippen LogP contribution in [0.4, 0.5) is 0 Å². The van der Waals surface area contributed by atoms with Crippen molar-refractivity contribution >= 4 is 0 Å². The molecular formula is C13H25NO2. The maximum absolute atomic E-state index is 5.93. The number of rotatable bonds is 2. The Kier molecular flexibility index (Phi) is 3.30. The van der Waals surface area contributed by atoms with Gasteiger partial charge in [0.15, 0.2) is 0 Å². The Morgan fingerprint density at radius 2 is 1.94 bits per heavy atom. The van der Waals surface area contributed by atoms with E-state index in [1.165, 1.54) is 6.42 Å². The number of hydrogen-bond acceptors (Lipinski definition) is 3. The summed E-state index contributed by atoms with van der Waals surface area (Å²) in [5, 5.41) is 0. The highest BCUT2D eigenvalue weighted by Gasteiger charge is 2.48. The van der Waals surface area contributed by atoms with Gasteiger partial charge in [0.25, 0.3) is 0 Å². The first kappa shape index (κ1) is 12.3. The molecular weight excluding hydrogens is 202 g/mol. The van der Waals surface area contributed by atoms with Crippen LogP contribution in [0.1, 0.15) is 47.5 Å². The number of hydrogen-bond donors (Lipinski definition) is 0. The average Bonchev–Trinajstić information content (AvgIpc) is 2.65. The zero-order valence-electron chi connectivity index (χ0n) is 11.2. The van der Waals surface area contributed by atoms with Crippen molar-refractivity contribution in [1.29, 1.82) is 0 Å². The molecule has 16 heavy (non-hydrogen) atoms. The Hall–Kier alpha value is -0.120. The molecule has 1 heterocycles. The molecule has 3 atom stereocenters. The van der Waals surface area contributed by atoms with Crippen molar-refractivity contribution in [2.45, 2.75) is 77.4 Å². The molecule has 0 amide bonds. The van der Waals surface area contributed by atoms with Crippen molar-refractivity contribution < 1.29 is 9.47 Å². The first-order valence-corrected chi connectivity index (χ1v) is 6.43. The van der Waals surface area contributed by atoms with Crippen LogP contribution >= 0.6 is 0 Å². The molecule has 0 aromatic heterocycles. The largest absolute Gasteiger partial charge is 0.373 e. The topological polar surface area (TPSA) is 21.7 Å². The van der Waals surface area contributed by atoms with Crippen molar-refractivity contribution in [3.05, 3.63) is 0 Å². The van der Waals surface area contributed by atoms with Crippen LogP contribution < -0.4 is 0 Å². The molecule has 1 aliphatic carbocycles.